The molecule has 1 aromatic carbocycles. The number of nitrogens with zero attached hydrogens (tertiary/aromatic N) is 4. The van der Waals surface area contributed by atoms with Gasteiger partial charge < -0.3 is 16.0 Å². The van der Waals surface area contributed by atoms with E-state index in [0.29, 0.717) is 42.5 Å². The monoisotopic (exact) mass is 474 g/mol. The van der Waals surface area contributed by atoms with Crippen LogP contribution in [0.4, 0.5) is 18.9 Å². The first-order valence-corrected chi connectivity index (χ1v) is 10.5. The lowest BCUT2D eigenvalue weighted by Gasteiger charge is -2.30. The lowest BCUT2D eigenvalue weighted by atomic mass is 9.96. The average Bonchev–Trinajstić information content (AvgIpc) is 3.20. The van der Waals surface area contributed by atoms with Gasteiger partial charge in [-0.25, -0.2) is 4.98 Å². The maximum Gasteiger partial charge on any atom is 0.433 e. The van der Waals surface area contributed by atoms with Crippen LogP contribution in [0, 0.1) is 5.92 Å². The Morgan fingerprint density at radius 3 is 2.53 bits per heavy atom. The van der Waals surface area contributed by atoms with Gasteiger partial charge in [0, 0.05) is 36.3 Å². The minimum Gasteiger partial charge on any atom is -0.369 e. The van der Waals surface area contributed by atoms with Gasteiger partial charge in [0.25, 0.3) is 5.91 Å². The Labute approximate surface area is 191 Å². The quantitative estimate of drug-likeness (QED) is 0.588. The zero-order valence-electron chi connectivity index (χ0n) is 17.9. The molecule has 34 heavy (non-hydrogen) atoms. The fourth-order valence-electron chi connectivity index (χ4n) is 3.80. The zero-order valence-corrected chi connectivity index (χ0v) is 17.9. The van der Waals surface area contributed by atoms with Gasteiger partial charge in [-0.15, -0.1) is 0 Å². The fourth-order valence-corrected chi connectivity index (χ4v) is 3.80. The van der Waals surface area contributed by atoms with Crippen molar-refractivity contribution in [3.8, 4) is 0 Å². The average molecular weight is 474 g/mol. The molecule has 0 unspecified atom stereocenters. The number of carbonyl (C=O) groups is 3. The second-order valence-electron chi connectivity index (χ2n) is 8.02. The molecular weight excluding hydrogens is 453 g/mol. The number of alkyl halides is 3. The van der Waals surface area contributed by atoms with Crippen molar-refractivity contribution in [1.29, 1.82) is 0 Å². The molecule has 1 fully saturated rings. The van der Waals surface area contributed by atoms with Crippen LogP contribution in [0.1, 0.15) is 29.0 Å². The molecule has 178 valence electrons. The van der Waals surface area contributed by atoms with Crippen LogP contribution in [0.25, 0.3) is 10.9 Å². The number of piperidine rings is 1. The molecule has 9 nitrogen and oxygen atoms in total. The van der Waals surface area contributed by atoms with Crippen LogP contribution in [0.5, 0.6) is 0 Å². The second-order valence-corrected chi connectivity index (χ2v) is 8.02. The number of nitrogens with two attached hydrogens (primary N) is 1. The third-order valence-corrected chi connectivity index (χ3v) is 5.63. The van der Waals surface area contributed by atoms with Crippen molar-refractivity contribution in [2.24, 2.45) is 11.7 Å². The topological polar surface area (TPSA) is 123 Å². The Morgan fingerprint density at radius 1 is 1.12 bits per heavy atom. The van der Waals surface area contributed by atoms with E-state index in [1.165, 1.54) is 10.7 Å². The third kappa shape index (κ3) is 5.16. The normalized spacial score (nSPS) is 14.9. The molecule has 1 aliphatic heterocycles. The van der Waals surface area contributed by atoms with E-state index in [9.17, 15) is 27.6 Å². The molecule has 3 aromatic rings. The summed E-state index contributed by atoms with van der Waals surface area (Å²) < 4.78 is 40.0. The number of anilines is 1. The van der Waals surface area contributed by atoms with Crippen LogP contribution in [-0.4, -0.2) is 50.5 Å². The second kappa shape index (κ2) is 9.12. The minimum absolute atomic E-state index is 0.00572. The van der Waals surface area contributed by atoms with Gasteiger partial charge in [0.2, 0.25) is 11.8 Å². The molecule has 1 saturated heterocycles. The van der Waals surface area contributed by atoms with Gasteiger partial charge in [-0.2, -0.15) is 18.3 Å². The highest BCUT2D eigenvalue weighted by atomic mass is 19.4. The van der Waals surface area contributed by atoms with E-state index in [4.69, 9.17) is 5.73 Å². The molecule has 4 rings (SSSR count). The summed E-state index contributed by atoms with van der Waals surface area (Å²) >= 11 is 0. The lowest BCUT2D eigenvalue weighted by Crippen LogP contribution is -2.43. The maximum absolute atomic E-state index is 12.8. The van der Waals surface area contributed by atoms with Gasteiger partial charge in [-0.05, 0) is 43.2 Å². The third-order valence-electron chi connectivity index (χ3n) is 5.63. The molecule has 3 N–H and O–H groups in total. The van der Waals surface area contributed by atoms with Crippen molar-refractivity contribution in [3.05, 3.63) is 54.0 Å². The van der Waals surface area contributed by atoms with Crippen LogP contribution in [0.3, 0.4) is 0 Å². The van der Waals surface area contributed by atoms with E-state index >= 15 is 0 Å². The standard InChI is InChI=1S/C22H21F3N6O3/c23-22(24,25)18-3-1-2-17(28-18)21(34)27-15-4-5-16-14(10-15)11-31(29-16)12-19(32)30-8-6-13(7-9-30)20(26)33/h1-5,10-11,13H,6-9,12H2,(H2,26,33)(H,27,34). The van der Waals surface area contributed by atoms with E-state index in [-0.39, 0.29) is 30.0 Å². The van der Waals surface area contributed by atoms with Gasteiger partial charge in [0.05, 0.1) is 5.52 Å². The van der Waals surface area contributed by atoms with Gasteiger partial charge in [-0.3, -0.25) is 19.1 Å². The molecule has 12 heteroatoms. The maximum atomic E-state index is 12.8. The molecule has 3 amide bonds. The Morgan fingerprint density at radius 2 is 1.85 bits per heavy atom. The molecule has 3 heterocycles. The lowest BCUT2D eigenvalue weighted by molar-refractivity contribution is -0.141. The number of benzene rings is 1. The van der Waals surface area contributed by atoms with Crippen molar-refractivity contribution >= 4 is 34.3 Å². The largest absolute Gasteiger partial charge is 0.433 e. The van der Waals surface area contributed by atoms with Crippen LogP contribution < -0.4 is 11.1 Å². The fraction of sp³-hybridized carbons (Fsp3) is 0.318. The molecule has 0 atom stereocenters. The summed E-state index contributed by atoms with van der Waals surface area (Å²) in [5, 5.41) is 7.51. The van der Waals surface area contributed by atoms with E-state index in [0.717, 1.165) is 12.1 Å². The van der Waals surface area contributed by atoms with Gasteiger partial charge in [0.1, 0.15) is 17.9 Å². The summed E-state index contributed by atoms with van der Waals surface area (Å²) in [6.45, 7) is 0.908. The number of fused-ring (bicyclic) bond motifs is 1. The number of halogens is 3. The van der Waals surface area contributed by atoms with Crippen LogP contribution >= 0.6 is 0 Å². The first-order chi connectivity index (χ1) is 16.1. The number of rotatable bonds is 5. The predicted octanol–water partition coefficient (Wildman–Crippen LogP) is 2.43. The molecule has 0 spiro atoms. The van der Waals surface area contributed by atoms with Crippen molar-refractivity contribution < 1.29 is 27.6 Å². The Bertz CT molecular complexity index is 1250. The first-order valence-electron chi connectivity index (χ1n) is 10.5. The number of pyridine rings is 1. The van der Waals surface area contributed by atoms with Crippen molar-refractivity contribution in [2.45, 2.75) is 25.6 Å². The van der Waals surface area contributed by atoms with Crippen molar-refractivity contribution in [2.75, 3.05) is 18.4 Å². The number of carbonyl (C=O) groups excluding carboxylic acids is 3. The van der Waals surface area contributed by atoms with Crippen molar-refractivity contribution in [3.63, 3.8) is 0 Å². The Balaban J connectivity index is 1.42. The van der Waals surface area contributed by atoms with Crippen molar-refractivity contribution in [1.82, 2.24) is 19.7 Å². The number of primary amides is 1. The highest BCUT2D eigenvalue weighted by Crippen LogP contribution is 2.27. The van der Waals surface area contributed by atoms with E-state index in [1.54, 1.807) is 29.3 Å². The minimum atomic E-state index is -4.65. The molecule has 0 radical (unpaired) electrons. The summed E-state index contributed by atoms with van der Waals surface area (Å²) in [6.07, 6.45) is -1.95. The summed E-state index contributed by atoms with van der Waals surface area (Å²) in [5.74, 6) is -1.49. The summed E-state index contributed by atoms with van der Waals surface area (Å²) in [5.41, 5.74) is 4.73. The highest BCUT2D eigenvalue weighted by molar-refractivity contribution is 6.03. The van der Waals surface area contributed by atoms with Crippen LogP contribution in [0.15, 0.2) is 42.6 Å². The van der Waals surface area contributed by atoms with E-state index < -0.39 is 17.8 Å². The first kappa shape index (κ1) is 23.2. The smallest absolute Gasteiger partial charge is 0.369 e. The molecule has 1 aliphatic rings. The Kier molecular flexibility index (Phi) is 6.22. The van der Waals surface area contributed by atoms with Gasteiger partial charge in [-0.1, -0.05) is 6.07 Å². The van der Waals surface area contributed by atoms with Gasteiger partial charge >= 0.3 is 6.18 Å². The Hall–Kier alpha value is -3.96. The summed E-state index contributed by atoms with van der Waals surface area (Å²) in [6, 6.07) is 7.89. The number of nitrogens with one attached hydrogen (secondary N) is 1. The number of aromatic nitrogens is 3. The number of likely N-dealkylation sites (tertiary alicyclic amines) is 1. The molecule has 0 bridgehead atoms. The van der Waals surface area contributed by atoms with E-state index in [1.807, 2.05) is 0 Å². The molecule has 0 aliphatic carbocycles. The van der Waals surface area contributed by atoms with Gasteiger partial charge in [0.15, 0.2) is 0 Å². The summed E-state index contributed by atoms with van der Waals surface area (Å²) in [7, 11) is 0. The zero-order chi connectivity index (χ0) is 24.5. The highest BCUT2D eigenvalue weighted by Gasteiger charge is 2.33. The number of amides is 3. The van der Waals surface area contributed by atoms with Crippen LogP contribution in [0.2, 0.25) is 0 Å². The van der Waals surface area contributed by atoms with E-state index in [2.05, 4.69) is 15.4 Å². The predicted molar refractivity (Wildman–Crippen MR) is 115 cm³/mol. The number of hydrogen-bond donors (Lipinski definition) is 2. The molecule has 2 aromatic heterocycles. The molecule has 0 saturated carbocycles. The summed E-state index contributed by atoms with van der Waals surface area (Å²) in [4.78, 5) is 41.3. The SMILES string of the molecule is NC(=O)C1CCN(C(=O)Cn2cc3cc(NC(=O)c4cccc(C(F)(F)F)n4)ccc3n2)CC1. The van der Waals surface area contributed by atoms with Crippen LogP contribution in [-0.2, 0) is 22.3 Å². The number of hydrogen-bond acceptors (Lipinski definition) is 5. The molecular formula is C22H21F3N6O3.